The summed E-state index contributed by atoms with van der Waals surface area (Å²) in [5.74, 6) is 0.0255. The standard InChI is InChI=1S/C20H28ClN5O/c1-14-19(15(2)24(4)23-14)22-20(27)16(3)26-10-8-25(9-11-26)13-17-6-5-7-18(21)12-17/h5-7,12,16H,8-11,13H2,1-4H3,(H,22,27). The van der Waals surface area contributed by atoms with E-state index in [4.69, 9.17) is 11.6 Å². The molecule has 1 aliphatic rings. The van der Waals surface area contributed by atoms with Crippen molar-refractivity contribution in [3.63, 3.8) is 0 Å². The maximum Gasteiger partial charge on any atom is 0.241 e. The van der Waals surface area contributed by atoms with Crippen molar-refractivity contribution in [2.24, 2.45) is 7.05 Å². The Balaban J connectivity index is 1.53. The molecule has 1 aliphatic heterocycles. The molecule has 6 nitrogen and oxygen atoms in total. The van der Waals surface area contributed by atoms with Gasteiger partial charge in [0.25, 0.3) is 0 Å². The number of carbonyl (C=O) groups excluding carboxylic acids is 1. The third kappa shape index (κ3) is 4.69. The molecule has 1 aromatic carbocycles. The molecule has 146 valence electrons. The van der Waals surface area contributed by atoms with Gasteiger partial charge in [0.2, 0.25) is 5.91 Å². The minimum absolute atomic E-state index is 0.0255. The number of hydrogen-bond donors (Lipinski definition) is 1. The van der Waals surface area contributed by atoms with E-state index in [2.05, 4.69) is 26.3 Å². The first-order valence-corrected chi connectivity index (χ1v) is 9.75. The highest BCUT2D eigenvalue weighted by Crippen LogP contribution is 2.20. The Labute approximate surface area is 166 Å². The van der Waals surface area contributed by atoms with Crippen LogP contribution in [0.15, 0.2) is 24.3 Å². The van der Waals surface area contributed by atoms with E-state index in [0.29, 0.717) is 0 Å². The zero-order valence-electron chi connectivity index (χ0n) is 16.5. The summed E-state index contributed by atoms with van der Waals surface area (Å²) in [5.41, 5.74) is 3.87. The van der Waals surface area contributed by atoms with Gasteiger partial charge in [-0.3, -0.25) is 19.3 Å². The van der Waals surface area contributed by atoms with Crippen LogP contribution in [0.4, 0.5) is 5.69 Å². The van der Waals surface area contributed by atoms with E-state index >= 15 is 0 Å². The number of carbonyl (C=O) groups is 1. The Morgan fingerprint density at radius 2 is 1.96 bits per heavy atom. The molecule has 0 saturated carbocycles. The first kappa shape index (κ1) is 19.9. The third-order valence-electron chi connectivity index (χ3n) is 5.39. The Morgan fingerprint density at radius 1 is 1.26 bits per heavy atom. The Kier molecular flexibility index (Phi) is 6.19. The summed E-state index contributed by atoms with van der Waals surface area (Å²) < 4.78 is 1.80. The van der Waals surface area contributed by atoms with E-state index in [9.17, 15) is 4.79 Å². The van der Waals surface area contributed by atoms with Gasteiger partial charge in [-0.1, -0.05) is 23.7 Å². The molecule has 1 fully saturated rings. The molecule has 1 N–H and O–H groups in total. The van der Waals surface area contributed by atoms with Crippen molar-refractivity contribution in [2.45, 2.75) is 33.4 Å². The van der Waals surface area contributed by atoms with Crippen molar-refractivity contribution in [3.8, 4) is 0 Å². The van der Waals surface area contributed by atoms with Gasteiger partial charge in [-0.05, 0) is 38.5 Å². The largest absolute Gasteiger partial charge is 0.322 e. The Hall–Kier alpha value is -1.89. The van der Waals surface area contributed by atoms with Crippen LogP contribution in [-0.4, -0.2) is 57.7 Å². The first-order chi connectivity index (χ1) is 12.8. The van der Waals surface area contributed by atoms with Gasteiger partial charge in [-0.25, -0.2) is 0 Å². The van der Waals surface area contributed by atoms with Gasteiger partial charge >= 0.3 is 0 Å². The predicted molar refractivity (Wildman–Crippen MR) is 109 cm³/mol. The molecule has 1 amide bonds. The topological polar surface area (TPSA) is 53.4 Å². The fourth-order valence-electron chi connectivity index (χ4n) is 3.55. The zero-order valence-corrected chi connectivity index (χ0v) is 17.3. The molecule has 0 bridgehead atoms. The van der Waals surface area contributed by atoms with Crippen molar-refractivity contribution in [1.29, 1.82) is 0 Å². The number of amides is 1. The van der Waals surface area contributed by atoms with Crippen molar-refractivity contribution < 1.29 is 4.79 Å². The Bertz CT molecular complexity index is 811. The molecule has 1 atom stereocenters. The highest BCUT2D eigenvalue weighted by molar-refractivity contribution is 6.30. The molecule has 0 aliphatic carbocycles. The molecule has 1 saturated heterocycles. The lowest BCUT2D eigenvalue weighted by atomic mass is 10.1. The molecule has 2 heterocycles. The molecule has 1 aromatic heterocycles. The van der Waals surface area contributed by atoms with Gasteiger partial charge in [-0.15, -0.1) is 0 Å². The number of aromatic nitrogens is 2. The van der Waals surface area contributed by atoms with E-state index in [1.54, 1.807) is 4.68 Å². The van der Waals surface area contributed by atoms with Crippen molar-refractivity contribution in [2.75, 3.05) is 31.5 Å². The minimum Gasteiger partial charge on any atom is -0.322 e. The zero-order chi connectivity index (χ0) is 19.6. The second kappa shape index (κ2) is 8.42. The maximum absolute atomic E-state index is 12.7. The normalized spacial score (nSPS) is 17.1. The van der Waals surface area contributed by atoms with Gasteiger partial charge in [0, 0.05) is 44.8 Å². The van der Waals surface area contributed by atoms with Crippen LogP contribution in [0, 0.1) is 13.8 Å². The van der Waals surface area contributed by atoms with E-state index in [1.165, 1.54) is 5.56 Å². The molecule has 0 radical (unpaired) electrons. The fraction of sp³-hybridized carbons (Fsp3) is 0.500. The summed E-state index contributed by atoms with van der Waals surface area (Å²) in [7, 11) is 1.89. The van der Waals surface area contributed by atoms with Crippen LogP contribution in [-0.2, 0) is 18.4 Å². The van der Waals surface area contributed by atoms with Gasteiger partial charge < -0.3 is 5.32 Å². The highest BCUT2D eigenvalue weighted by atomic mass is 35.5. The van der Waals surface area contributed by atoms with Crippen LogP contribution >= 0.6 is 11.6 Å². The number of benzene rings is 1. The number of aryl methyl sites for hydroxylation is 2. The number of nitrogens with one attached hydrogen (secondary N) is 1. The van der Waals surface area contributed by atoms with Crippen LogP contribution in [0.3, 0.4) is 0 Å². The van der Waals surface area contributed by atoms with Crippen molar-refractivity contribution in [3.05, 3.63) is 46.2 Å². The SMILES string of the molecule is Cc1nn(C)c(C)c1NC(=O)C(C)N1CCN(Cc2cccc(Cl)c2)CC1. The second-order valence-corrected chi connectivity index (χ2v) is 7.71. The predicted octanol–water partition coefficient (Wildman–Crippen LogP) is 2.84. The number of halogens is 1. The van der Waals surface area contributed by atoms with Gasteiger partial charge in [0.1, 0.15) is 0 Å². The molecular weight excluding hydrogens is 362 g/mol. The molecular formula is C20H28ClN5O. The van der Waals surface area contributed by atoms with Gasteiger partial charge in [-0.2, -0.15) is 5.10 Å². The lowest BCUT2D eigenvalue weighted by molar-refractivity contribution is -0.121. The fourth-order valence-corrected chi connectivity index (χ4v) is 3.76. The van der Waals surface area contributed by atoms with E-state index in [0.717, 1.165) is 54.8 Å². The summed E-state index contributed by atoms with van der Waals surface area (Å²) in [6, 6.07) is 7.84. The van der Waals surface area contributed by atoms with Crippen LogP contribution < -0.4 is 5.32 Å². The van der Waals surface area contributed by atoms with Crippen LogP contribution in [0.2, 0.25) is 5.02 Å². The third-order valence-corrected chi connectivity index (χ3v) is 5.62. The second-order valence-electron chi connectivity index (χ2n) is 7.28. The van der Waals surface area contributed by atoms with E-state index in [-0.39, 0.29) is 11.9 Å². The summed E-state index contributed by atoms with van der Waals surface area (Å²) >= 11 is 6.08. The summed E-state index contributed by atoms with van der Waals surface area (Å²) in [6.45, 7) is 10.4. The quantitative estimate of drug-likeness (QED) is 0.854. The number of rotatable bonds is 5. The molecule has 7 heteroatoms. The van der Waals surface area contributed by atoms with Gasteiger partial charge in [0.15, 0.2) is 0 Å². The van der Waals surface area contributed by atoms with Crippen LogP contribution in [0.25, 0.3) is 0 Å². The molecule has 3 rings (SSSR count). The average Bonchev–Trinajstić information content (AvgIpc) is 2.88. The summed E-state index contributed by atoms with van der Waals surface area (Å²) in [6.07, 6.45) is 0. The molecule has 1 unspecified atom stereocenters. The van der Waals surface area contributed by atoms with Crippen molar-refractivity contribution >= 4 is 23.2 Å². The number of piperazine rings is 1. The van der Waals surface area contributed by atoms with Crippen LogP contribution in [0.5, 0.6) is 0 Å². The number of nitrogens with zero attached hydrogens (tertiary/aromatic N) is 4. The monoisotopic (exact) mass is 389 g/mol. The number of hydrogen-bond acceptors (Lipinski definition) is 4. The summed E-state index contributed by atoms with van der Waals surface area (Å²) in [5, 5.41) is 8.20. The highest BCUT2D eigenvalue weighted by Gasteiger charge is 2.26. The first-order valence-electron chi connectivity index (χ1n) is 9.37. The number of anilines is 1. The van der Waals surface area contributed by atoms with E-state index < -0.39 is 0 Å². The van der Waals surface area contributed by atoms with E-state index in [1.807, 2.05) is 46.0 Å². The molecule has 27 heavy (non-hydrogen) atoms. The lowest BCUT2D eigenvalue weighted by Gasteiger charge is -2.37. The van der Waals surface area contributed by atoms with Gasteiger partial charge in [0.05, 0.1) is 23.1 Å². The lowest BCUT2D eigenvalue weighted by Crippen LogP contribution is -2.52. The molecule has 0 spiro atoms. The van der Waals surface area contributed by atoms with Crippen LogP contribution in [0.1, 0.15) is 23.9 Å². The average molecular weight is 390 g/mol. The maximum atomic E-state index is 12.7. The Morgan fingerprint density at radius 3 is 2.56 bits per heavy atom. The summed E-state index contributed by atoms with van der Waals surface area (Å²) in [4.78, 5) is 17.4. The minimum atomic E-state index is -0.169. The molecule has 2 aromatic rings. The smallest absolute Gasteiger partial charge is 0.241 e. The van der Waals surface area contributed by atoms with Crippen molar-refractivity contribution in [1.82, 2.24) is 19.6 Å².